The van der Waals surface area contributed by atoms with Gasteiger partial charge < -0.3 is 29.7 Å². The lowest BCUT2D eigenvalue weighted by atomic mass is 10.1. The molecular formula is C24H23N3O5. The largest absolute Gasteiger partial charge is 0.493 e. The summed E-state index contributed by atoms with van der Waals surface area (Å²) in [4.78, 5) is 26.9. The minimum absolute atomic E-state index is 0.223. The highest BCUT2D eigenvalue weighted by Gasteiger charge is 2.25. The highest BCUT2D eigenvalue weighted by Crippen LogP contribution is 2.38. The topological polar surface area (TPSA) is 89.1 Å². The zero-order chi connectivity index (χ0) is 22.7. The Balaban J connectivity index is 1.46. The molecule has 0 radical (unpaired) electrons. The second-order valence-corrected chi connectivity index (χ2v) is 7.14. The van der Waals surface area contributed by atoms with Gasteiger partial charge >= 0.3 is 6.03 Å². The molecule has 32 heavy (non-hydrogen) atoms. The van der Waals surface area contributed by atoms with Gasteiger partial charge in [-0.25, -0.2) is 4.79 Å². The number of urea groups is 1. The average Bonchev–Trinajstić information content (AvgIpc) is 2.92. The molecule has 3 aromatic carbocycles. The first-order valence-corrected chi connectivity index (χ1v) is 9.95. The van der Waals surface area contributed by atoms with E-state index in [2.05, 4.69) is 10.6 Å². The Morgan fingerprint density at radius 1 is 0.969 bits per heavy atom. The van der Waals surface area contributed by atoms with Crippen molar-refractivity contribution >= 4 is 23.3 Å². The molecule has 0 saturated heterocycles. The van der Waals surface area contributed by atoms with Crippen LogP contribution in [0.4, 0.5) is 16.2 Å². The summed E-state index contributed by atoms with van der Waals surface area (Å²) in [5, 5.41) is 5.55. The van der Waals surface area contributed by atoms with Crippen LogP contribution in [0.5, 0.6) is 23.0 Å². The second kappa shape index (κ2) is 8.89. The van der Waals surface area contributed by atoms with E-state index < -0.39 is 6.03 Å². The number of nitrogens with one attached hydrogen (secondary N) is 2. The number of fused-ring (bicyclic) bond motifs is 2. The standard InChI is InChI=1S/C24H23N3O5/c1-27-18-6-4-5-7-20(18)32-19-11-9-16(13-17(19)23(27)28)26-24(29)25-14-15-8-10-21(30-2)22(12-15)31-3/h4-13H,14H2,1-3H3,(H2,25,26,29). The average molecular weight is 433 g/mol. The normalized spacial score (nSPS) is 12.1. The molecule has 1 aliphatic heterocycles. The van der Waals surface area contributed by atoms with Crippen LogP contribution in [0.25, 0.3) is 0 Å². The zero-order valence-electron chi connectivity index (χ0n) is 18.0. The number of rotatable bonds is 5. The molecule has 3 aromatic rings. The number of hydrogen-bond donors (Lipinski definition) is 2. The SMILES string of the molecule is COc1ccc(CNC(=O)Nc2ccc3c(c2)C(=O)N(C)c2ccccc2O3)cc1OC. The molecule has 1 heterocycles. The predicted octanol–water partition coefficient (Wildman–Crippen LogP) is 4.41. The Morgan fingerprint density at radius 3 is 2.53 bits per heavy atom. The third-order valence-corrected chi connectivity index (χ3v) is 5.12. The maximum Gasteiger partial charge on any atom is 0.319 e. The molecule has 4 rings (SSSR count). The minimum Gasteiger partial charge on any atom is -0.493 e. The lowest BCUT2D eigenvalue weighted by Gasteiger charge is -2.16. The van der Waals surface area contributed by atoms with E-state index in [1.54, 1.807) is 51.6 Å². The number of carbonyl (C=O) groups is 2. The highest BCUT2D eigenvalue weighted by molar-refractivity contribution is 6.10. The van der Waals surface area contributed by atoms with E-state index in [0.717, 1.165) is 5.56 Å². The Hall–Kier alpha value is -4.20. The molecular weight excluding hydrogens is 410 g/mol. The van der Waals surface area contributed by atoms with Crippen LogP contribution in [0.3, 0.4) is 0 Å². The van der Waals surface area contributed by atoms with Gasteiger partial charge in [0.1, 0.15) is 5.75 Å². The van der Waals surface area contributed by atoms with Crippen LogP contribution >= 0.6 is 0 Å². The van der Waals surface area contributed by atoms with Gasteiger partial charge in [-0.3, -0.25) is 4.79 Å². The van der Waals surface area contributed by atoms with Crippen molar-refractivity contribution in [2.75, 3.05) is 31.5 Å². The summed E-state index contributed by atoms with van der Waals surface area (Å²) in [5.41, 5.74) is 2.37. The van der Waals surface area contributed by atoms with Crippen molar-refractivity contribution in [1.82, 2.24) is 5.32 Å². The summed E-state index contributed by atoms with van der Waals surface area (Å²) >= 11 is 0. The Bertz CT molecular complexity index is 1180. The zero-order valence-corrected chi connectivity index (χ0v) is 18.0. The van der Waals surface area contributed by atoms with Gasteiger partial charge in [-0.05, 0) is 48.0 Å². The van der Waals surface area contributed by atoms with E-state index in [-0.39, 0.29) is 12.5 Å². The summed E-state index contributed by atoms with van der Waals surface area (Å²) in [6, 6.07) is 17.3. The lowest BCUT2D eigenvalue weighted by Crippen LogP contribution is -2.28. The minimum atomic E-state index is -0.404. The van der Waals surface area contributed by atoms with Crippen LogP contribution < -0.4 is 29.7 Å². The fourth-order valence-electron chi connectivity index (χ4n) is 3.44. The van der Waals surface area contributed by atoms with Crippen LogP contribution in [0.15, 0.2) is 60.7 Å². The number of ether oxygens (including phenoxy) is 3. The third-order valence-electron chi connectivity index (χ3n) is 5.12. The van der Waals surface area contributed by atoms with Gasteiger partial charge in [0.15, 0.2) is 17.2 Å². The number of carbonyl (C=O) groups excluding carboxylic acids is 2. The van der Waals surface area contributed by atoms with Crippen LogP contribution in [-0.4, -0.2) is 33.2 Å². The highest BCUT2D eigenvalue weighted by atomic mass is 16.5. The molecule has 8 nitrogen and oxygen atoms in total. The number of amides is 3. The van der Waals surface area contributed by atoms with Crippen LogP contribution in [0, 0.1) is 0 Å². The second-order valence-electron chi connectivity index (χ2n) is 7.14. The lowest BCUT2D eigenvalue weighted by molar-refractivity contribution is 0.0993. The summed E-state index contributed by atoms with van der Waals surface area (Å²) < 4.78 is 16.4. The van der Waals surface area contributed by atoms with E-state index in [9.17, 15) is 9.59 Å². The van der Waals surface area contributed by atoms with Gasteiger partial charge in [-0.1, -0.05) is 18.2 Å². The first kappa shape index (κ1) is 21.0. The summed E-state index contributed by atoms with van der Waals surface area (Å²) in [7, 11) is 4.81. The van der Waals surface area contributed by atoms with E-state index >= 15 is 0 Å². The van der Waals surface area contributed by atoms with Crippen molar-refractivity contribution in [1.29, 1.82) is 0 Å². The van der Waals surface area contributed by atoms with Crippen molar-refractivity contribution in [3.8, 4) is 23.0 Å². The molecule has 0 aromatic heterocycles. The molecule has 0 atom stereocenters. The van der Waals surface area contributed by atoms with Gasteiger partial charge in [-0.2, -0.15) is 0 Å². The predicted molar refractivity (Wildman–Crippen MR) is 121 cm³/mol. The molecule has 0 spiro atoms. The van der Waals surface area contributed by atoms with Crippen molar-refractivity contribution in [2.24, 2.45) is 0 Å². The van der Waals surface area contributed by atoms with E-state index in [1.807, 2.05) is 30.3 Å². The number of hydrogen-bond acceptors (Lipinski definition) is 5. The van der Waals surface area contributed by atoms with Gasteiger partial charge in [0.25, 0.3) is 5.91 Å². The van der Waals surface area contributed by atoms with E-state index in [1.165, 1.54) is 4.90 Å². The Kier molecular flexibility index (Phi) is 5.85. The maximum atomic E-state index is 13.0. The molecule has 2 N–H and O–H groups in total. The van der Waals surface area contributed by atoms with Gasteiger partial charge in [-0.15, -0.1) is 0 Å². The third kappa shape index (κ3) is 4.15. The Morgan fingerprint density at radius 2 is 1.75 bits per heavy atom. The van der Waals surface area contributed by atoms with Crippen molar-refractivity contribution in [3.63, 3.8) is 0 Å². The first-order chi connectivity index (χ1) is 15.5. The number of nitrogens with zero attached hydrogens (tertiary/aromatic N) is 1. The van der Waals surface area contributed by atoms with Crippen molar-refractivity contribution in [2.45, 2.75) is 6.54 Å². The summed E-state index contributed by atoms with van der Waals surface area (Å²) in [5.74, 6) is 2.00. The van der Waals surface area contributed by atoms with Crippen LogP contribution in [0.2, 0.25) is 0 Å². The molecule has 0 aliphatic carbocycles. The molecule has 164 valence electrons. The molecule has 0 bridgehead atoms. The maximum absolute atomic E-state index is 13.0. The van der Waals surface area contributed by atoms with E-state index in [0.29, 0.717) is 39.9 Å². The number of benzene rings is 3. The fraction of sp³-hybridized carbons (Fsp3) is 0.167. The van der Waals surface area contributed by atoms with Gasteiger partial charge in [0, 0.05) is 19.3 Å². The molecule has 0 saturated carbocycles. The fourth-order valence-corrected chi connectivity index (χ4v) is 3.44. The number of methoxy groups -OCH3 is 2. The molecule has 0 unspecified atom stereocenters. The smallest absolute Gasteiger partial charge is 0.319 e. The monoisotopic (exact) mass is 433 g/mol. The van der Waals surface area contributed by atoms with Gasteiger partial charge in [0.2, 0.25) is 0 Å². The van der Waals surface area contributed by atoms with E-state index in [4.69, 9.17) is 14.2 Å². The number of para-hydroxylation sites is 2. The van der Waals surface area contributed by atoms with Crippen molar-refractivity contribution in [3.05, 3.63) is 71.8 Å². The molecule has 0 fully saturated rings. The molecule has 1 aliphatic rings. The Labute approximate surface area is 185 Å². The number of anilines is 2. The van der Waals surface area contributed by atoms with Crippen LogP contribution in [0.1, 0.15) is 15.9 Å². The molecule has 8 heteroatoms. The summed E-state index contributed by atoms with van der Waals surface area (Å²) in [6.45, 7) is 0.289. The summed E-state index contributed by atoms with van der Waals surface area (Å²) in [6.07, 6.45) is 0. The molecule has 3 amide bonds. The van der Waals surface area contributed by atoms with Crippen molar-refractivity contribution < 1.29 is 23.8 Å². The quantitative estimate of drug-likeness (QED) is 0.622. The van der Waals surface area contributed by atoms with Crippen LogP contribution in [-0.2, 0) is 6.54 Å². The first-order valence-electron chi connectivity index (χ1n) is 9.95. The van der Waals surface area contributed by atoms with Gasteiger partial charge in [0.05, 0.1) is 25.5 Å².